The third-order valence-electron chi connectivity index (χ3n) is 4.98. The molecule has 146 valence electrons. The Morgan fingerprint density at radius 1 is 1.07 bits per heavy atom. The highest BCUT2D eigenvalue weighted by Gasteiger charge is 2.35. The maximum atomic E-state index is 12.8. The summed E-state index contributed by atoms with van der Waals surface area (Å²) in [6, 6.07) is 12.4. The van der Waals surface area contributed by atoms with Crippen LogP contribution < -0.4 is 0 Å². The van der Waals surface area contributed by atoms with Crippen molar-refractivity contribution in [1.29, 1.82) is 0 Å². The Labute approximate surface area is 164 Å². The molecule has 0 aromatic heterocycles. The van der Waals surface area contributed by atoms with Crippen LogP contribution in [0, 0.1) is 13.8 Å². The second-order valence-corrected chi connectivity index (χ2v) is 6.93. The lowest BCUT2D eigenvalue weighted by Crippen LogP contribution is -2.50. The van der Waals surface area contributed by atoms with Crippen molar-refractivity contribution < 1.29 is 23.9 Å². The van der Waals surface area contributed by atoms with E-state index >= 15 is 0 Å². The van der Waals surface area contributed by atoms with Gasteiger partial charge in [-0.15, -0.1) is 0 Å². The number of fused-ring (bicyclic) bond motifs is 1. The molecule has 0 bridgehead atoms. The second kappa shape index (κ2) is 8.25. The molecule has 1 aliphatic rings. The first-order valence-electron chi connectivity index (χ1n) is 9.09. The lowest BCUT2D eigenvalue weighted by molar-refractivity contribution is -0.155. The fourth-order valence-corrected chi connectivity index (χ4v) is 3.38. The smallest absolute Gasteiger partial charge is 0.338 e. The van der Waals surface area contributed by atoms with E-state index in [9.17, 15) is 14.4 Å². The van der Waals surface area contributed by atoms with Crippen molar-refractivity contribution in [2.75, 3.05) is 13.7 Å². The van der Waals surface area contributed by atoms with Gasteiger partial charge in [0.15, 0.2) is 6.61 Å². The Bertz CT molecular complexity index is 921. The molecule has 2 aromatic rings. The number of aryl methyl sites for hydroxylation is 2. The highest BCUT2D eigenvalue weighted by Crippen LogP contribution is 2.24. The van der Waals surface area contributed by atoms with Crippen LogP contribution >= 0.6 is 0 Å². The van der Waals surface area contributed by atoms with E-state index in [0.717, 1.165) is 22.3 Å². The number of benzene rings is 2. The molecule has 0 unspecified atom stereocenters. The monoisotopic (exact) mass is 381 g/mol. The Kier molecular flexibility index (Phi) is 5.78. The summed E-state index contributed by atoms with van der Waals surface area (Å²) in [5.41, 5.74) is 4.12. The number of hydrogen-bond acceptors (Lipinski definition) is 5. The molecule has 1 amide bonds. The van der Waals surface area contributed by atoms with Crippen LogP contribution in [0.4, 0.5) is 0 Å². The Morgan fingerprint density at radius 3 is 2.50 bits per heavy atom. The predicted molar refractivity (Wildman–Crippen MR) is 103 cm³/mol. The maximum Gasteiger partial charge on any atom is 0.338 e. The average Bonchev–Trinajstić information content (AvgIpc) is 2.71. The topological polar surface area (TPSA) is 72.9 Å². The lowest BCUT2D eigenvalue weighted by atomic mass is 9.94. The quantitative estimate of drug-likeness (QED) is 0.761. The number of carbonyl (C=O) groups is 3. The van der Waals surface area contributed by atoms with Crippen molar-refractivity contribution in [3.8, 4) is 0 Å². The molecule has 0 saturated heterocycles. The van der Waals surface area contributed by atoms with Crippen LogP contribution in [-0.4, -0.2) is 42.5 Å². The van der Waals surface area contributed by atoms with Gasteiger partial charge in [0.1, 0.15) is 6.04 Å². The second-order valence-electron chi connectivity index (χ2n) is 6.93. The first kappa shape index (κ1) is 19.6. The van der Waals surface area contributed by atoms with Crippen molar-refractivity contribution in [2.45, 2.75) is 32.9 Å². The predicted octanol–water partition coefficient (Wildman–Crippen LogP) is 2.59. The summed E-state index contributed by atoms with van der Waals surface area (Å²) in [6.07, 6.45) is 0.375. The van der Waals surface area contributed by atoms with Gasteiger partial charge in [-0.3, -0.25) is 4.79 Å². The Morgan fingerprint density at radius 2 is 1.79 bits per heavy atom. The molecule has 1 atom stereocenters. The zero-order chi connectivity index (χ0) is 20.3. The summed E-state index contributed by atoms with van der Waals surface area (Å²) < 4.78 is 10.1. The van der Waals surface area contributed by atoms with Crippen molar-refractivity contribution in [2.24, 2.45) is 0 Å². The summed E-state index contributed by atoms with van der Waals surface area (Å²) >= 11 is 0. The number of carbonyl (C=O) groups excluding carboxylic acids is 3. The third-order valence-corrected chi connectivity index (χ3v) is 4.98. The Balaban J connectivity index is 1.73. The van der Waals surface area contributed by atoms with E-state index in [4.69, 9.17) is 9.47 Å². The van der Waals surface area contributed by atoms with E-state index in [2.05, 4.69) is 0 Å². The summed E-state index contributed by atoms with van der Waals surface area (Å²) in [4.78, 5) is 38.8. The summed E-state index contributed by atoms with van der Waals surface area (Å²) in [7, 11) is 1.30. The largest absolute Gasteiger partial charge is 0.467 e. The number of amides is 1. The lowest BCUT2D eigenvalue weighted by Gasteiger charge is -2.35. The van der Waals surface area contributed by atoms with E-state index in [0.29, 0.717) is 12.0 Å². The number of hydrogen-bond donors (Lipinski definition) is 0. The molecule has 0 aliphatic carbocycles. The third kappa shape index (κ3) is 4.06. The molecule has 0 spiro atoms. The van der Waals surface area contributed by atoms with Gasteiger partial charge in [0, 0.05) is 13.0 Å². The van der Waals surface area contributed by atoms with Crippen molar-refractivity contribution in [3.05, 3.63) is 70.3 Å². The molecule has 6 nitrogen and oxygen atoms in total. The van der Waals surface area contributed by atoms with Crippen LogP contribution in [0.3, 0.4) is 0 Å². The van der Waals surface area contributed by atoms with Gasteiger partial charge in [-0.1, -0.05) is 42.0 Å². The standard InChI is InChI=1S/C22H23NO5/c1-14-8-9-15(2)18(10-14)21(25)28-13-20(24)23-12-17-7-5-4-6-16(17)11-19(23)22(26)27-3/h4-10,19H,11-13H2,1-3H3/t19-/m1/s1. The number of methoxy groups -OCH3 is 1. The fraction of sp³-hybridized carbons (Fsp3) is 0.318. The van der Waals surface area contributed by atoms with Gasteiger partial charge >= 0.3 is 11.9 Å². The number of esters is 2. The number of ether oxygens (including phenoxy) is 2. The fourth-order valence-electron chi connectivity index (χ4n) is 3.38. The molecule has 28 heavy (non-hydrogen) atoms. The van der Waals surface area contributed by atoms with Crippen molar-refractivity contribution >= 4 is 17.8 Å². The molecule has 0 N–H and O–H groups in total. The first-order valence-corrected chi connectivity index (χ1v) is 9.09. The van der Waals surface area contributed by atoms with E-state index < -0.39 is 30.5 Å². The van der Waals surface area contributed by atoms with Crippen LogP contribution in [-0.2, 0) is 32.0 Å². The normalized spacial score (nSPS) is 15.5. The molecular weight excluding hydrogens is 358 g/mol. The van der Waals surface area contributed by atoms with Crippen LogP contribution in [0.5, 0.6) is 0 Å². The van der Waals surface area contributed by atoms with Gasteiger partial charge in [0.25, 0.3) is 5.91 Å². The zero-order valence-corrected chi connectivity index (χ0v) is 16.2. The van der Waals surface area contributed by atoms with Crippen LogP contribution in [0.15, 0.2) is 42.5 Å². The van der Waals surface area contributed by atoms with Crippen molar-refractivity contribution in [1.82, 2.24) is 4.90 Å². The van der Waals surface area contributed by atoms with Gasteiger partial charge in [-0.05, 0) is 36.6 Å². The van der Waals surface area contributed by atoms with Crippen LogP contribution in [0.1, 0.15) is 32.6 Å². The Hall–Kier alpha value is -3.15. The van der Waals surface area contributed by atoms with E-state index in [-0.39, 0.29) is 6.54 Å². The van der Waals surface area contributed by atoms with E-state index in [1.165, 1.54) is 12.0 Å². The molecule has 1 heterocycles. The summed E-state index contributed by atoms with van der Waals surface area (Å²) in [6.45, 7) is 3.54. The van der Waals surface area contributed by atoms with E-state index in [1.807, 2.05) is 50.2 Å². The minimum Gasteiger partial charge on any atom is -0.467 e. The maximum absolute atomic E-state index is 12.8. The summed E-state index contributed by atoms with van der Waals surface area (Å²) in [5.74, 6) is -1.46. The van der Waals surface area contributed by atoms with Gasteiger partial charge < -0.3 is 14.4 Å². The SMILES string of the molecule is COC(=O)[C@H]1Cc2ccccc2CN1C(=O)COC(=O)c1cc(C)ccc1C. The zero-order valence-electron chi connectivity index (χ0n) is 16.2. The van der Waals surface area contributed by atoms with Gasteiger partial charge in [0.05, 0.1) is 12.7 Å². The minimum absolute atomic E-state index is 0.274. The number of nitrogens with zero attached hydrogens (tertiary/aromatic N) is 1. The first-order chi connectivity index (χ1) is 13.4. The molecule has 6 heteroatoms. The van der Waals surface area contributed by atoms with Crippen LogP contribution in [0.2, 0.25) is 0 Å². The van der Waals surface area contributed by atoms with Crippen molar-refractivity contribution in [3.63, 3.8) is 0 Å². The van der Waals surface area contributed by atoms with Gasteiger partial charge in [-0.25, -0.2) is 9.59 Å². The summed E-state index contributed by atoms with van der Waals surface area (Å²) in [5, 5.41) is 0. The molecule has 2 aromatic carbocycles. The van der Waals surface area contributed by atoms with Crippen LogP contribution in [0.25, 0.3) is 0 Å². The van der Waals surface area contributed by atoms with Gasteiger partial charge in [0.2, 0.25) is 0 Å². The van der Waals surface area contributed by atoms with E-state index in [1.54, 1.807) is 6.07 Å². The minimum atomic E-state index is -0.730. The number of rotatable bonds is 4. The molecule has 0 fully saturated rings. The van der Waals surface area contributed by atoms with Gasteiger partial charge in [-0.2, -0.15) is 0 Å². The highest BCUT2D eigenvalue weighted by molar-refractivity contribution is 5.93. The average molecular weight is 381 g/mol. The molecule has 1 aliphatic heterocycles. The molecular formula is C22H23NO5. The molecule has 3 rings (SSSR count). The molecule has 0 saturated carbocycles. The molecule has 0 radical (unpaired) electrons. The highest BCUT2D eigenvalue weighted by atomic mass is 16.5.